The van der Waals surface area contributed by atoms with Gasteiger partial charge in [0.1, 0.15) is 0 Å². The summed E-state index contributed by atoms with van der Waals surface area (Å²) in [6, 6.07) is 16.5. The molecule has 0 unspecified atom stereocenters. The average molecular weight is 541 g/mol. The van der Waals surface area contributed by atoms with E-state index in [4.69, 9.17) is 47.9 Å². The van der Waals surface area contributed by atoms with Crippen molar-refractivity contribution in [3.8, 4) is 0 Å². The minimum atomic E-state index is 0.178. The summed E-state index contributed by atoms with van der Waals surface area (Å²) in [5.74, 6) is 0. The molecule has 0 amide bonds. The highest BCUT2D eigenvalue weighted by atomic mass is 35.5. The molecule has 3 rings (SSSR count). The zero-order valence-electron chi connectivity index (χ0n) is 21.0. The molecule has 200 valence electrons. The fourth-order valence-electron chi connectivity index (χ4n) is 4.19. The molecular weight excluding hydrogens is 501 g/mol. The number of piperazine rings is 1. The number of rotatable bonds is 17. The van der Waals surface area contributed by atoms with Gasteiger partial charge < -0.3 is 24.7 Å². The number of halogens is 2. The topological polar surface area (TPSA) is 69.4 Å². The minimum absolute atomic E-state index is 0.178. The molecule has 9 heteroatoms. The Bertz CT molecular complexity index is 788. The Morgan fingerprint density at radius 3 is 1.47 bits per heavy atom. The number of nitrogens with two attached hydrogens (primary N) is 1. The quantitative estimate of drug-likeness (QED) is 0.307. The lowest BCUT2D eigenvalue weighted by atomic mass is 9.96. The Morgan fingerprint density at radius 2 is 1.03 bits per heavy atom. The van der Waals surface area contributed by atoms with E-state index in [9.17, 15) is 0 Å². The summed E-state index contributed by atoms with van der Waals surface area (Å²) < 4.78 is 22.0. The van der Waals surface area contributed by atoms with Crippen LogP contribution in [0.25, 0.3) is 0 Å². The second-order valence-electron chi connectivity index (χ2n) is 8.62. The first kappa shape index (κ1) is 29.3. The van der Waals surface area contributed by atoms with Gasteiger partial charge in [0.25, 0.3) is 0 Å². The molecule has 1 fully saturated rings. The van der Waals surface area contributed by atoms with E-state index in [1.54, 1.807) is 0 Å². The zero-order chi connectivity index (χ0) is 25.4. The standard InChI is InChI=1S/C27H39Cl2N3O4/c28-25-5-1-23(2-6-25)27(24-3-7-26(29)8-4-24)32-12-10-31(11-13-32)14-16-34-18-20-36-22-21-35-19-17-33-15-9-30/h1-8,27H,9-22,30H2. The molecule has 0 bridgehead atoms. The fourth-order valence-corrected chi connectivity index (χ4v) is 4.44. The molecule has 0 atom stereocenters. The molecule has 1 heterocycles. The SMILES string of the molecule is NCCOCCOCCOCCOCCN1CCN(C(c2ccc(Cl)cc2)c2ccc(Cl)cc2)CC1. The lowest BCUT2D eigenvalue weighted by Crippen LogP contribution is -2.48. The molecule has 1 aliphatic rings. The maximum absolute atomic E-state index is 6.15. The van der Waals surface area contributed by atoms with Gasteiger partial charge in [0.05, 0.1) is 58.9 Å². The van der Waals surface area contributed by atoms with Crippen LogP contribution >= 0.6 is 23.2 Å². The van der Waals surface area contributed by atoms with Crippen LogP contribution in [0.1, 0.15) is 17.2 Å². The lowest BCUT2D eigenvalue weighted by molar-refractivity contribution is -0.00486. The summed E-state index contributed by atoms with van der Waals surface area (Å²) in [5.41, 5.74) is 7.84. The number of nitrogens with zero attached hydrogens (tertiary/aromatic N) is 2. The van der Waals surface area contributed by atoms with E-state index in [0.717, 1.165) is 42.8 Å². The Morgan fingerprint density at radius 1 is 0.611 bits per heavy atom. The predicted molar refractivity (Wildman–Crippen MR) is 145 cm³/mol. The van der Waals surface area contributed by atoms with Crippen molar-refractivity contribution in [1.82, 2.24) is 9.80 Å². The number of hydrogen-bond acceptors (Lipinski definition) is 7. The molecule has 7 nitrogen and oxygen atoms in total. The van der Waals surface area contributed by atoms with Gasteiger partial charge in [-0.15, -0.1) is 0 Å². The van der Waals surface area contributed by atoms with Gasteiger partial charge in [-0.1, -0.05) is 47.5 Å². The fraction of sp³-hybridized carbons (Fsp3) is 0.556. The Hall–Kier alpha value is -1.26. The van der Waals surface area contributed by atoms with E-state index in [2.05, 4.69) is 34.1 Å². The van der Waals surface area contributed by atoms with Gasteiger partial charge in [0.2, 0.25) is 0 Å². The highest BCUT2D eigenvalue weighted by Gasteiger charge is 2.26. The van der Waals surface area contributed by atoms with E-state index in [0.29, 0.717) is 59.4 Å². The second kappa shape index (κ2) is 17.3. The van der Waals surface area contributed by atoms with Crippen LogP contribution in [-0.2, 0) is 18.9 Å². The van der Waals surface area contributed by atoms with Crippen LogP contribution in [0.2, 0.25) is 10.0 Å². The van der Waals surface area contributed by atoms with Crippen LogP contribution in [0.5, 0.6) is 0 Å². The number of ether oxygens (including phenoxy) is 4. The largest absolute Gasteiger partial charge is 0.378 e. The van der Waals surface area contributed by atoms with Crippen molar-refractivity contribution in [1.29, 1.82) is 0 Å². The van der Waals surface area contributed by atoms with Crippen molar-refractivity contribution < 1.29 is 18.9 Å². The molecule has 0 aliphatic carbocycles. The van der Waals surface area contributed by atoms with E-state index >= 15 is 0 Å². The molecule has 2 aromatic rings. The van der Waals surface area contributed by atoms with Crippen LogP contribution in [0.3, 0.4) is 0 Å². The van der Waals surface area contributed by atoms with Gasteiger partial charge in [-0.25, -0.2) is 0 Å². The van der Waals surface area contributed by atoms with E-state index in [1.807, 2.05) is 24.3 Å². The first-order valence-corrected chi connectivity index (χ1v) is 13.4. The van der Waals surface area contributed by atoms with E-state index in [-0.39, 0.29) is 6.04 Å². The van der Waals surface area contributed by atoms with Crippen molar-refractivity contribution in [3.63, 3.8) is 0 Å². The minimum Gasteiger partial charge on any atom is -0.378 e. The summed E-state index contributed by atoms with van der Waals surface area (Å²) in [6.45, 7) is 10.1. The van der Waals surface area contributed by atoms with Crippen molar-refractivity contribution in [3.05, 3.63) is 69.7 Å². The van der Waals surface area contributed by atoms with Gasteiger partial charge in [0.15, 0.2) is 0 Å². The van der Waals surface area contributed by atoms with Crippen molar-refractivity contribution in [2.24, 2.45) is 5.73 Å². The van der Waals surface area contributed by atoms with Crippen molar-refractivity contribution in [2.75, 3.05) is 92.1 Å². The summed E-state index contributed by atoms with van der Waals surface area (Å²) in [5, 5.41) is 1.50. The van der Waals surface area contributed by atoms with Crippen LogP contribution < -0.4 is 5.73 Å². The maximum atomic E-state index is 6.15. The first-order chi connectivity index (χ1) is 17.7. The predicted octanol–water partition coefficient (Wildman–Crippen LogP) is 3.73. The lowest BCUT2D eigenvalue weighted by Gasteiger charge is -2.39. The van der Waals surface area contributed by atoms with Crippen LogP contribution in [-0.4, -0.2) is 102 Å². The third kappa shape index (κ3) is 10.6. The van der Waals surface area contributed by atoms with Gasteiger partial charge in [-0.2, -0.15) is 0 Å². The zero-order valence-corrected chi connectivity index (χ0v) is 22.5. The highest BCUT2D eigenvalue weighted by Crippen LogP contribution is 2.31. The maximum Gasteiger partial charge on any atom is 0.0701 e. The normalized spacial score (nSPS) is 15.1. The smallest absolute Gasteiger partial charge is 0.0701 e. The molecule has 36 heavy (non-hydrogen) atoms. The number of hydrogen-bond donors (Lipinski definition) is 1. The molecule has 0 radical (unpaired) electrons. The van der Waals surface area contributed by atoms with Crippen LogP contribution in [0.15, 0.2) is 48.5 Å². The van der Waals surface area contributed by atoms with Crippen molar-refractivity contribution in [2.45, 2.75) is 6.04 Å². The molecule has 2 N–H and O–H groups in total. The van der Waals surface area contributed by atoms with Gasteiger partial charge in [-0.3, -0.25) is 9.80 Å². The highest BCUT2D eigenvalue weighted by molar-refractivity contribution is 6.30. The molecule has 0 aromatic heterocycles. The molecule has 1 aliphatic heterocycles. The Balaban J connectivity index is 1.31. The Kier molecular flexibility index (Phi) is 14.1. The summed E-state index contributed by atoms with van der Waals surface area (Å²) >= 11 is 12.3. The van der Waals surface area contributed by atoms with E-state index in [1.165, 1.54) is 11.1 Å². The third-order valence-electron chi connectivity index (χ3n) is 6.07. The molecule has 1 saturated heterocycles. The summed E-state index contributed by atoms with van der Waals surface area (Å²) in [7, 11) is 0. The van der Waals surface area contributed by atoms with Gasteiger partial charge >= 0.3 is 0 Å². The monoisotopic (exact) mass is 539 g/mol. The number of benzene rings is 2. The first-order valence-electron chi connectivity index (χ1n) is 12.7. The third-order valence-corrected chi connectivity index (χ3v) is 6.58. The molecule has 0 saturated carbocycles. The van der Waals surface area contributed by atoms with E-state index < -0.39 is 0 Å². The molecular formula is C27H39Cl2N3O4. The second-order valence-corrected chi connectivity index (χ2v) is 9.49. The van der Waals surface area contributed by atoms with Crippen LogP contribution in [0, 0.1) is 0 Å². The van der Waals surface area contributed by atoms with Crippen molar-refractivity contribution >= 4 is 23.2 Å². The molecule has 0 spiro atoms. The van der Waals surface area contributed by atoms with Gasteiger partial charge in [-0.05, 0) is 35.4 Å². The van der Waals surface area contributed by atoms with Crippen LogP contribution in [0.4, 0.5) is 0 Å². The Labute approximate surface area is 225 Å². The average Bonchev–Trinajstić information content (AvgIpc) is 2.90. The summed E-state index contributed by atoms with van der Waals surface area (Å²) in [4.78, 5) is 4.99. The summed E-state index contributed by atoms with van der Waals surface area (Å²) in [6.07, 6.45) is 0. The molecule has 2 aromatic carbocycles. The van der Waals surface area contributed by atoms with Gasteiger partial charge in [0, 0.05) is 49.3 Å².